The Kier molecular flexibility index (Phi) is 8.53. The molecule has 0 heterocycles. The van der Waals surface area contributed by atoms with E-state index in [1.807, 2.05) is 31.2 Å². The van der Waals surface area contributed by atoms with E-state index in [1.165, 1.54) is 0 Å². The lowest BCUT2D eigenvalue weighted by Crippen LogP contribution is -2.52. The van der Waals surface area contributed by atoms with E-state index in [2.05, 4.69) is 5.32 Å². The minimum absolute atomic E-state index is 0. The molecule has 1 fully saturated rings. The molecule has 2 rings (SSSR count). The van der Waals surface area contributed by atoms with Crippen molar-refractivity contribution in [3.05, 3.63) is 29.8 Å². The SMILES string of the molecule is COCCOc1ccc(CNC(=O)C2CCCCC2(C)N)cc1.Cl. The van der Waals surface area contributed by atoms with Crippen LogP contribution in [-0.4, -0.2) is 31.8 Å². The van der Waals surface area contributed by atoms with Crippen LogP contribution >= 0.6 is 12.4 Å². The van der Waals surface area contributed by atoms with Gasteiger partial charge in [-0.15, -0.1) is 12.4 Å². The number of halogens is 1. The number of nitrogens with one attached hydrogen (secondary N) is 1. The summed E-state index contributed by atoms with van der Waals surface area (Å²) in [5, 5.41) is 3.02. The van der Waals surface area contributed by atoms with Crippen molar-refractivity contribution < 1.29 is 14.3 Å². The van der Waals surface area contributed by atoms with E-state index in [0.717, 1.165) is 37.0 Å². The van der Waals surface area contributed by atoms with Gasteiger partial charge in [-0.2, -0.15) is 0 Å². The number of rotatable bonds is 7. The molecule has 2 unspecified atom stereocenters. The van der Waals surface area contributed by atoms with E-state index < -0.39 is 0 Å². The molecule has 1 aromatic carbocycles. The van der Waals surface area contributed by atoms with Gasteiger partial charge in [-0.05, 0) is 37.5 Å². The second-order valence-corrected chi connectivity index (χ2v) is 6.51. The molecule has 2 atom stereocenters. The number of nitrogens with two attached hydrogens (primary N) is 1. The van der Waals surface area contributed by atoms with Crippen molar-refractivity contribution in [1.29, 1.82) is 0 Å². The van der Waals surface area contributed by atoms with Crippen LogP contribution in [0, 0.1) is 5.92 Å². The summed E-state index contributed by atoms with van der Waals surface area (Å²) in [6.45, 7) is 3.60. The van der Waals surface area contributed by atoms with Crippen LogP contribution in [0.1, 0.15) is 38.2 Å². The molecular weight excluding hydrogens is 328 g/mol. The fourth-order valence-electron chi connectivity index (χ4n) is 3.05. The number of amides is 1. The molecule has 0 bridgehead atoms. The van der Waals surface area contributed by atoms with Crippen molar-refractivity contribution in [1.82, 2.24) is 5.32 Å². The van der Waals surface area contributed by atoms with Gasteiger partial charge in [-0.3, -0.25) is 4.79 Å². The minimum Gasteiger partial charge on any atom is -0.491 e. The highest BCUT2D eigenvalue weighted by Gasteiger charge is 2.37. The molecule has 1 amide bonds. The number of hydrogen-bond acceptors (Lipinski definition) is 4. The predicted octanol–water partition coefficient (Wildman–Crippen LogP) is 2.66. The molecule has 1 aromatic rings. The average molecular weight is 357 g/mol. The first kappa shape index (κ1) is 20.7. The molecule has 0 spiro atoms. The highest BCUT2D eigenvalue weighted by molar-refractivity contribution is 5.85. The molecule has 24 heavy (non-hydrogen) atoms. The summed E-state index contributed by atoms with van der Waals surface area (Å²) in [4.78, 5) is 12.4. The molecule has 0 radical (unpaired) electrons. The van der Waals surface area contributed by atoms with Gasteiger partial charge in [-0.1, -0.05) is 25.0 Å². The second kappa shape index (κ2) is 9.87. The fraction of sp³-hybridized carbons (Fsp3) is 0.611. The van der Waals surface area contributed by atoms with Crippen LogP contribution in [0.15, 0.2) is 24.3 Å². The van der Waals surface area contributed by atoms with Crippen molar-refractivity contribution >= 4 is 18.3 Å². The van der Waals surface area contributed by atoms with Crippen LogP contribution < -0.4 is 15.8 Å². The smallest absolute Gasteiger partial charge is 0.225 e. The third kappa shape index (κ3) is 5.96. The van der Waals surface area contributed by atoms with Crippen LogP contribution in [0.4, 0.5) is 0 Å². The van der Waals surface area contributed by atoms with Crippen molar-refractivity contribution in [3.63, 3.8) is 0 Å². The second-order valence-electron chi connectivity index (χ2n) is 6.51. The van der Waals surface area contributed by atoms with Gasteiger partial charge in [-0.25, -0.2) is 0 Å². The lowest BCUT2D eigenvalue weighted by molar-refractivity contribution is -0.128. The Bertz CT molecular complexity index is 505. The molecule has 0 saturated heterocycles. The number of ether oxygens (including phenoxy) is 2. The number of benzene rings is 1. The first-order valence-electron chi connectivity index (χ1n) is 8.30. The molecule has 0 aliphatic heterocycles. The zero-order chi connectivity index (χ0) is 16.7. The van der Waals surface area contributed by atoms with Gasteiger partial charge in [0.2, 0.25) is 5.91 Å². The maximum atomic E-state index is 12.4. The third-order valence-corrected chi connectivity index (χ3v) is 4.52. The van der Waals surface area contributed by atoms with Gasteiger partial charge in [0.15, 0.2) is 0 Å². The van der Waals surface area contributed by atoms with Gasteiger partial charge < -0.3 is 20.5 Å². The lowest BCUT2D eigenvalue weighted by Gasteiger charge is -2.37. The molecule has 1 saturated carbocycles. The van der Waals surface area contributed by atoms with Gasteiger partial charge >= 0.3 is 0 Å². The van der Waals surface area contributed by atoms with Crippen LogP contribution in [-0.2, 0) is 16.1 Å². The topological polar surface area (TPSA) is 73.6 Å². The lowest BCUT2D eigenvalue weighted by atomic mass is 9.74. The summed E-state index contributed by atoms with van der Waals surface area (Å²) in [7, 11) is 1.65. The monoisotopic (exact) mass is 356 g/mol. The van der Waals surface area contributed by atoms with E-state index in [0.29, 0.717) is 19.8 Å². The molecule has 136 valence electrons. The van der Waals surface area contributed by atoms with Crippen molar-refractivity contribution in [2.45, 2.75) is 44.7 Å². The molecule has 1 aliphatic carbocycles. The normalized spacial score (nSPS) is 23.2. The van der Waals surface area contributed by atoms with E-state index in [9.17, 15) is 4.79 Å². The first-order valence-corrected chi connectivity index (χ1v) is 8.30. The predicted molar refractivity (Wildman–Crippen MR) is 97.5 cm³/mol. The van der Waals surface area contributed by atoms with Gasteiger partial charge in [0.05, 0.1) is 12.5 Å². The summed E-state index contributed by atoms with van der Waals surface area (Å²) >= 11 is 0. The first-order chi connectivity index (χ1) is 11.0. The van der Waals surface area contributed by atoms with Crippen molar-refractivity contribution in [2.75, 3.05) is 20.3 Å². The Hall–Kier alpha value is -1.30. The average Bonchev–Trinajstić information content (AvgIpc) is 2.53. The van der Waals surface area contributed by atoms with Crippen molar-refractivity contribution in [3.8, 4) is 5.75 Å². The maximum absolute atomic E-state index is 12.4. The Morgan fingerprint density at radius 3 is 2.62 bits per heavy atom. The fourth-order valence-corrected chi connectivity index (χ4v) is 3.05. The summed E-state index contributed by atoms with van der Waals surface area (Å²) in [6.07, 6.45) is 3.99. The molecule has 1 aliphatic rings. The summed E-state index contributed by atoms with van der Waals surface area (Å²) < 4.78 is 10.5. The molecule has 5 nitrogen and oxygen atoms in total. The van der Waals surface area contributed by atoms with Crippen molar-refractivity contribution in [2.24, 2.45) is 11.7 Å². The molecule has 3 N–H and O–H groups in total. The van der Waals surface area contributed by atoms with Gasteiger partial charge in [0.25, 0.3) is 0 Å². The van der Waals surface area contributed by atoms with Gasteiger partial charge in [0, 0.05) is 19.2 Å². The highest BCUT2D eigenvalue weighted by atomic mass is 35.5. The number of carbonyl (C=O) groups is 1. The van der Waals surface area contributed by atoms with E-state index in [1.54, 1.807) is 7.11 Å². The quantitative estimate of drug-likeness (QED) is 0.736. The zero-order valence-corrected chi connectivity index (χ0v) is 15.4. The highest BCUT2D eigenvalue weighted by Crippen LogP contribution is 2.31. The largest absolute Gasteiger partial charge is 0.491 e. The Balaban J connectivity index is 0.00000288. The molecule has 6 heteroatoms. The van der Waals surface area contributed by atoms with Gasteiger partial charge in [0.1, 0.15) is 12.4 Å². The Morgan fingerprint density at radius 1 is 1.29 bits per heavy atom. The summed E-state index contributed by atoms with van der Waals surface area (Å²) in [5.74, 6) is 0.780. The van der Waals surface area contributed by atoms with Crippen LogP contribution in [0.25, 0.3) is 0 Å². The summed E-state index contributed by atoms with van der Waals surface area (Å²) in [5.41, 5.74) is 6.94. The number of hydrogen-bond donors (Lipinski definition) is 2. The molecule has 0 aromatic heterocycles. The number of methoxy groups -OCH3 is 1. The third-order valence-electron chi connectivity index (χ3n) is 4.52. The minimum atomic E-state index is -0.388. The standard InChI is InChI=1S/C18H28N2O3.ClH/c1-18(19)10-4-3-5-16(18)17(21)20-13-14-6-8-15(9-7-14)23-12-11-22-2;/h6-9,16H,3-5,10-13,19H2,1-2H3,(H,20,21);1H. The number of carbonyl (C=O) groups excluding carboxylic acids is 1. The van der Waals surface area contributed by atoms with E-state index in [-0.39, 0.29) is 29.8 Å². The van der Waals surface area contributed by atoms with E-state index >= 15 is 0 Å². The Labute approximate surface area is 150 Å². The van der Waals surface area contributed by atoms with Crippen LogP contribution in [0.2, 0.25) is 0 Å². The Morgan fingerprint density at radius 2 is 2.00 bits per heavy atom. The maximum Gasteiger partial charge on any atom is 0.225 e. The van der Waals surface area contributed by atoms with E-state index in [4.69, 9.17) is 15.2 Å². The molecular formula is C18H29ClN2O3. The summed E-state index contributed by atoms with van der Waals surface area (Å²) in [6, 6.07) is 7.74. The van der Waals surface area contributed by atoms with Crippen LogP contribution in [0.5, 0.6) is 5.75 Å². The van der Waals surface area contributed by atoms with Crippen LogP contribution in [0.3, 0.4) is 0 Å². The zero-order valence-electron chi connectivity index (χ0n) is 14.5.